The summed E-state index contributed by atoms with van der Waals surface area (Å²) in [6, 6.07) is 0.540. The van der Waals surface area contributed by atoms with Crippen LogP contribution in [0.4, 0.5) is 0 Å². The summed E-state index contributed by atoms with van der Waals surface area (Å²) in [6.07, 6.45) is 4.91. The van der Waals surface area contributed by atoms with E-state index in [0.29, 0.717) is 12.6 Å². The maximum absolute atomic E-state index is 11.2. The Labute approximate surface area is 104 Å². The fourth-order valence-electron chi connectivity index (χ4n) is 2.56. The lowest BCUT2D eigenvalue weighted by Crippen LogP contribution is -2.56. The summed E-state index contributed by atoms with van der Waals surface area (Å²) < 4.78 is 0. The summed E-state index contributed by atoms with van der Waals surface area (Å²) in [4.78, 5) is 13.4. The van der Waals surface area contributed by atoms with E-state index < -0.39 is 11.5 Å². The summed E-state index contributed by atoms with van der Waals surface area (Å²) in [5, 5.41) is 12.1. The second kappa shape index (κ2) is 5.83. The van der Waals surface area contributed by atoms with Crippen molar-refractivity contribution in [1.29, 1.82) is 0 Å². The van der Waals surface area contributed by atoms with Gasteiger partial charge in [-0.25, -0.2) is 0 Å². The van der Waals surface area contributed by atoms with Crippen molar-refractivity contribution in [2.24, 2.45) is 5.92 Å². The fourth-order valence-corrected chi connectivity index (χ4v) is 2.56. The number of carbonyl (C=O) groups is 1. The lowest BCUT2D eigenvalue weighted by Gasteiger charge is -2.37. The van der Waals surface area contributed by atoms with E-state index in [1.807, 2.05) is 7.05 Å². The SMILES string of the molecule is CNC(C)(CN(C)C1CCC(C)CC1)C(=O)O. The second-order valence-electron chi connectivity index (χ2n) is 5.72. The normalized spacial score (nSPS) is 29.0. The number of nitrogens with zero attached hydrogens (tertiary/aromatic N) is 1. The zero-order valence-corrected chi connectivity index (χ0v) is 11.5. The Hall–Kier alpha value is -0.610. The lowest BCUT2D eigenvalue weighted by atomic mass is 9.86. The van der Waals surface area contributed by atoms with Crippen LogP contribution in [0.25, 0.3) is 0 Å². The molecule has 1 aliphatic carbocycles. The number of aliphatic carboxylic acids is 1. The van der Waals surface area contributed by atoms with E-state index >= 15 is 0 Å². The molecule has 0 aromatic carbocycles. The quantitative estimate of drug-likeness (QED) is 0.768. The average molecular weight is 242 g/mol. The Bertz CT molecular complexity index is 262. The van der Waals surface area contributed by atoms with Gasteiger partial charge in [0.1, 0.15) is 5.54 Å². The molecule has 100 valence electrons. The molecule has 1 aliphatic rings. The van der Waals surface area contributed by atoms with Crippen LogP contribution in [-0.2, 0) is 4.79 Å². The summed E-state index contributed by atoms with van der Waals surface area (Å²) in [6.45, 7) is 4.60. The molecule has 4 heteroatoms. The van der Waals surface area contributed by atoms with Gasteiger partial charge in [0.05, 0.1) is 0 Å². The van der Waals surface area contributed by atoms with Crippen LogP contribution in [0.2, 0.25) is 0 Å². The molecule has 4 nitrogen and oxygen atoms in total. The molecule has 0 heterocycles. The molecule has 1 unspecified atom stereocenters. The van der Waals surface area contributed by atoms with E-state index in [2.05, 4.69) is 17.1 Å². The highest BCUT2D eigenvalue weighted by Crippen LogP contribution is 2.27. The van der Waals surface area contributed by atoms with Gasteiger partial charge in [0.15, 0.2) is 0 Å². The first-order chi connectivity index (χ1) is 7.89. The van der Waals surface area contributed by atoms with Crippen molar-refractivity contribution in [3.05, 3.63) is 0 Å². The number of hydrogen-bond donors (Lipinski definition) is 2. The van der Waals surface area contributed by atoms with E-state index in [1.54, 1.807) is 14.0 Å². The van der Waals surface area contributed by atoms with Crippen molar-refractivity contribution in [2.75, 3.05) is 20.6 Å². The fraction of sp³-hybridized carbons (Fsp3) is 0.923. The lowest BCUT2D eigenvalue weighted by molar-refractivity contribution is -0.145. The third-order valence-electron chi connectivity index (χ3n) is 4.20. The van der Waals surface area contributed by atoms with Crippen molar-refractivity contribution in [3.8, 4) is 0 Å². The molecule has 0 spiro atoms. The van der Waals surface area contributed by atoms with Crippen molar-refractivity contribution in [1.82, 2.24) is 10.2 Å². The van der Waals surface area contributed by atoms with Crippen LogP contribution in [0.3, 0.4) is 0 Å². The summed E-state index contributed by atoms with van der Waals surface area (Å²) in [7, 11) is 3.75. The van der Waals surface area contributed by atoms with Crippen LogP contribution >= 0.6 is 0 Å². The number of hydrogen-bond acceptors (Lipinski definition) is 3. The zero-order valence-electron chi connectivity index (χ0n) is 11.5. The largest absolute Gasteiger partial charge is 0.480 e. The number of rotatable bonds is 5. The Morgan fingerprint density at radius 3 is 2.35 bits per heavy atom. The van der Waals surface area contributed by atoms with Gasteiger partial charge >= 0.3 is 5.97 Å². The smallest absolute Gasteiger partial charge is 0.324 e. The molecule has 0 bridgehead atoms. The van der Waals surface area contributed by atoms with E-state index in [0.717, 1.165) is 5.92 Å². The first-order valence-corrected chi connectivity index (χ1v) is 6.51. The Balaban J connectivity index is 2.53. The minimum atomic E-state index is -0.849. The van der Waals surface area contributed by atoms with Gasteiger partial charge in [-0.15, -0.1) is 0 Å². The van der Waals surface area contributed by atoms with Gasteiger partial charge in [0, 0.05) is 12.6 Å². The first kappa shape index (κ1) is 14.5. The topological polar surface area (TPSA) is 52.6 Å². The van der Waals surface area contributed by atoms with Crippen LogP contribution in [0.1, 0.15) is 39.5 Å². The van der Waals surface area contributed by atoms with Crippen LogP contribution < -0.4 is 5.32 Å². The summed E-state index contributed by atoms with van der Waals surface area (Å²) in [5.41, 5.74) is -0.849. The maximum atomic E-state index is 11.2. The summed E-state index contributed by atoms with van der Waals surface area (Å²) >= 11 is 0. The van der Waals surface area contributed by atoms with Crippen molar-refractivity contribution in [3.63, 3.8) is 0 Å². The van der Waals surface area contributed by atoms with Crippen molar-refractivity contribution >= 4 is 5.97 Å². The molecular weight excluding hydrogens is 216 g/mol. The molecule has 0 aliphatic heterocycles. The van der Waals surface area contributed by atoms with Gasteiger partial charge in [-0.05, 0) is 52.6 Å². The van der Waals surface area contributed by atoms with Gasteiger partial charge in [-0.3, -0.25) is 4.79 Å². The van der Waals surface area contributed by atoms with Gasteiger partial charge in [0.2, 0.25) is 0 Å². The van der Waals surface area contributed by atoms with Gasteiger partial charge in [0.25, 0.3) is 0 Å². The van der Waals surface area contributed by atoms with E-state index in [-0.39, 0.29) is 0 Å². The van der Waals surface area contributed by atoms with E-state index in [1.165, 1.54) is 25.7 Å². The van der Waals surface area contributed by atoms with Gasteiger partial charge < -0.3 is 15.3 Å². The number of carboxylic acid groups (broad SMARTS) is 1. The predicted molar refractivity (Wildman–Crippen MR) is 69.2 cm³/mol. The molecule has 1 fully saturated rings. The molecule has 0 amide bonds. The van der Waals surface area contributed by atoms with Crippen LogP contribution in [0.15, 0.2) is 0 Å². The second-order valence-corrected chi connectivity index (χ2v) is 5.72. The molecule has 0 aromatic rings. The van der Waals surface area contributed by atoms with E-state index in [9.17, 15) is 9.90 Å². The minimum Gasteiger partial charge on any atom is -0.480 e. The highest BCUT2D eigenvalue weighted by Gasteiger charge is 2.34. The third kappa shape index (κ3) is 3.68. The number of likely N-dealkylation sites (N-methyl/N-ethyl adjacent to an activating group) is 2. The molecule has 17 heavy (non-hydrogen) atoms. The molecule has 1 saturated carbocycles. The molecule has 2 N–H and O–H groups in total. The van der Waals surface area contributed by atoms with Crippen molar-refractivity contribution < 1.29 is 9.90 Å². The standard InChI is InChI=1S/C13H26N2O2/c1-10-5-7-11(8-6-10)15(4)9-13(2,14-3)12(16)17/h10-11,14H,5-9H2,1-4H3,(H,16,17). The molecular formula is C13H26N2O2. The zero-order chi connectivity index (χ0) is 13.1. The highest BCUT2D eigenvalue weighted by molar-refractivity contribution is 5.78. The monoisotopic (exact) mass is 242 g/mol. The third-order valence-corrected chi connectivity index (χ3v) is 4.20. The molecule has 1 rings (SSSR count). The van der Waals surface area contributed by atoms with Gasteiger partial charge in [-0.1, -0.05) is 6.92 Å². The molecule has 1 atom stereocenters. The number of carboxylic acids is 1. The minimum absolute atomic E-state index is 0.540. The Morgan fingerprint density at radius 2 is 1.94 bits per heavy atom. The Kier molecular flexibility index (Phi) is 4.95. The van der Waals surface area contributed by atoms with Crippen LogP contribution in [0.5, 0.6) is 0 Å². The highest BCUT2D eigenvalue weighted by atomic mass is 16.4. The first-order valence-electron chi connectivity index (χ1n) is 6.51. The predicted octanol–water partition coefficient (Wildman–Crippen LogP) is 1.56. The average Bonchev–Trinajstić information content (AvgIpc) is 2.29. The van der Waals surface area contributed by atoms with Crippen LogP contribution in [-0.4, -0.2) is 48.2 Å². The van der Waals surface area contributed by atoms with Crippen molar-refractivity contribution in [2.45, 2.75) is 51.1 Å². The van der Waals surface area contributed by atoms with Gasteiger partial charge in [-0.2, -0.15) is 0 Å². The molecule has 0 saturated heterocycles. The number of nitrogens with one attached hydrogen (secondary N) is 1. The summed E-state index contributed by atoms with van der Waals surface area (Å²) in [5.74, 6) is 0.0471. The molecule has 0 radical (unpaired) electrons. The molecule has 0 aromatic heterocycles. The van der Waals surface area contributed by atoms with Crippen LogP contribution in [0, 0.1) is 5.92 Å². The van der Waals surface area contributed by atoms with E-state index in [4.69, 9.17) is 0 Å². The maximum Gasteiger partial charge on any atom is 0.324 e. The Morgan fingerprint density at radius 1 is 1.41 bits per heavy atom.